The quantitative estimate of drug-likeness (QED) is 0.330. The number of nitrogens with zero attached hydrogens (tertiary/aromatic N) is 2. The van der Waals surface area contributed by atoms with Gasteiger partial charge in [-0.2, -0.15) is 11.3 Å². The van der Waals surface area contributed by atoms with Crippen molar-refractivity contribution in [2.45, 2.75) is 6.61 Å². The molecule has 0 radical (unpaired) electrons. The number of carbonyl (C=O) groups is 1. The summed E-state index contributed by atoms with van der Waals surface area (Å²) in [5.74, 6) is -0.489. The highest BCUT2D eigenvalue weighted by molar-refractivity contribution is 7.14. The number of hydrogen-bond acceptors (Lipinski definition) is 9. The smallest absolute Gasteiger partial charge is 0.345 e. The third-order valence-corrected chi connectivity index (χ3v) is 5.21. The highest BCUT2D eigenvalue weighted by Crippen LogP contribution is 2.35. The van der Waals surface area contributed by atoms with Crippen LogP contribution in [0.2, 0.25) is 0 Å². The van der Waals surface area contributed by atoms with Gasteiger partial charge < -0.3 is 14.2 Å². The molecule has 1 aromatic carbocycles. The number of methoxy groups -OCH3 is 2. The van der Waals surface area contributed by atoms with Crippen molar-refractivity contribution in [2.24, 2.45) is 0 Å². The lowest BCUT2D eigenvalue weighted by Gasteiger charge is -2.10. The van der Waals surface area contributed by atoms with Crippen LogP contribution in [0.1, 0.15) is 16.1 Å². The van der Waals surface area contributed by atoms with E-state index in [2.05, 4.69) is 4.98 Å². The Morgan fingerprint density at radius 2 is 1.96 bits per heavy atom. The summed E-state index contributed by atoms with van der Waals surface area (Å²) in [6, 6.07) is 4.32. The third-order valence-electron chi connectivity index (χ3n) is 3.59. The first-order valence-corrected chi connectivity index (χ1v) is 9.40. The summed E-state index contributed by atoms with van der Waals surface area (Å²) in [6.07, 6.45) is 0. The van der Waals surface area contributed by atoms with Gasteiger partial charge in [0, 0.05) is 22.4 Å². The first-order valence-electron chi connectivity index (χ1n) is 7.58. The van der Waals surface area contributed by atoms with Crippen molar-refractivity contribution in [1.29, 1.82) is 0 Å². The normalized spacial score (nSPS) is 10.4. The van der Waals surface area contributed by atoms with Gasteiger partial charge in [0.1, 0.15) is 17.2 Å². The van der Waals surface area contributed by atoms with Crippen LogP contribution in [-0.4, -0.2) is 30.1 Å². The van der Waals surface area contributed by atoms with E-state index in [1.54, 1.807) is 16.7 Å². The van der Waals surface area contributed by atoms with E-state index in [1.807, 2.05) is 16.8 Å². The second-order valence-corrected chi connectivity index (χ2v) is 6.85. The molecule has 0 atom stereocenters. The van der Waals surface area contributed by atoms with Crippen LogP contribution in [0, 0.1) is 10.1 Å². The van der Waals surface area contributed by atoms with Gasteiger partial charge in [-0.25, -0.2) is 9.78 Å². The fourth-order valence-electron chi connectivity index (χ4n) is 2.29. The molecule has 3 aromatic rings. The van der Waals surface area contributed by atoms with Gasteiger partial charge >= 0.3 is 5.97 Å². The maximum absolute atomic E-state index is 12.4. The molecular formula is C17H14N2O6S2. The molecule has 140 valence electrons. The number of thiazole rings is 1. The Labute approximate surface area is 162 Å². The van der Waals surface area contributed by atoms with Crippen LogP contribution in [0.3, 0.4) is 0 Å². The van der Waals surface area contributed by atoms with Crippen LogP contribution in [0.25, 0.3) is 10.6 Å². The third kappa shape index (κ3) is 4.07. The first-order chi connectivity index (χ1) is 13.0. The number of benzene rings is 1. The van der Waals surface area contributed by atoms with Gasteiger partial charge in [-0.3, -0.25) is 10.1 Å². The number of nitro benzene ring substituents is 1. The predicted molar refractivity (Wildman–Crippen MR) is 101 cm³/mol. The topological polar surface area (TPSA) is 101 Å². The van der Waals surface area contributed by atoms with Crippen molar-refractivity contribution in [2.75, 3.05) is 14.2 Å². The molecule has 0 aliphatic heterocycles. The van der Waals surface area contributed by atoms with Gasteiger partial charge in [0.05, 0.1) is 30.9 Å². The largest absolute Gasteiger partial charge is 0.493 e. The second kappa shape index (κ2) is 8.14. The van der Waals surface area contributed by atoms with E-state index < -0.39 is 16.6 Å². The number of carbonyl (C=O) groups excluding carboxylic acids is 1. The SMILES string of the molecule is COc1cc(C(=O)OCc2csc(-c3ccsc3)n2)c([N+](=O)[O-])cc1OC. The standard InChI is InChI=1S/C17H14N2O6S2/c1-23-14-5-12(13(19(21)22)6-15(14)24-2)17(20)25-7-11-9-27-16(18-11)10-3-4-26-8-10/h3-6,8-9H,7H2,1-2H3. The van der Waals surface area contributed by atoms with Crippen molar-refractivity contribution in [3.8, 4) is 22.1 Å². The second-order valence-electron chi connectivity index (χ2n) is 5.21. The Morgan fingerprint density at radius 1 is 1.22 bits per heavy atom. The molecule has 0 saturated heterocycles. The summed E-state index contributed by atoms with van der Waals surface area (Å²) < 4.78 is 15.4. The molecule has 2 heterocycles. The van der Waals surface area contributed by atoms with E-state index >= 15 is 0 Å². The highest BCUT2D eigenvalue weighted by atomic mass is 32.1. The number of thiophene rings is 1. The van der Waals surface area contributed by atoms with Crippen LogP contribution in [-0.2, 0) is 11.3 Å². The fraction of sp³-hybridized carbons (Fsp3) is 0.176. The molecule has 0 aliphatic rings. The Kier molecular flexibility index (Phi) is 5.67. The molecule has 0 N–H and O–H groups in total. The molecule has 0 aliphatic carbocycles. The molecule has 3 rings (SSSR count). The highest BCUT2D eigenvalue weighted by Gasteiger charge is 2.26. The van der Waals surface area contributed by atoms with E-state index in [-0.39, 0.29) is 23.7 Å². The number of ether oxygens (including phenoxy) is 3. The zero-order valence-electron chi connectivity index (χ0n) is 14.3. The van der Waals surface area contributed by atoms with Crippen LogP contribution >= 0.6 is 22.7 Å². The summed E-state index contributed by atoms with van der Waals surface area (Å²) in [5.41, 5.74) is 0.927. The number of esters is 1. The molecule has 0 spiro atoms. The Hall–Kier alpha value is -2.98. The van der Waals surface area contributed by atoms with Crippen LogP contribution < -0.4 is 9.47 Å². The molecule has 0 amide bonds. The molecular weight excluding hydrogens is 392 g/mol. The van der Waals surface area contributed by atoms with Crippen LogP contribution in [0.15, 0.2) is 34.3 Å². The van der Waals surface area contributed by atoms with Gasteiger partial charge in [0.25, 0.3) is 5.69 Å². The van der Waals surface area contributed by atoms with E-state index in [4.69, 9.17) is 14.2 Å². The minimum atomic E-state index is -0.840. The van der Waals surface area contributed by atoms with Crippen molar-refractivity contribution >= 4 is 34.3 Å². The monoisotopic (exact) mass is 406 g/mol. The van der Waals surface area contributed by atoms with Crippen molar-refractivity contribution in [1.82, 2.24) is 4.98 Å². The van der Waals surface area contributed by atoms with Gasteiger partial charge in [-0.05, 0) is 11.4 Å². The van der Waals surface area contributed by atoms with Crippen molar-refractivity contribution in [3.05, 3.63) is 55.7 Å². The number of rotatable bonds is 7. The van der Waals surface area contributed by atoms with Crippen LogP contribution in [0.4, 0.5) is 5.69 Å². The summed E-state index contributed by atoms with van der Waals surface area (Å²) >= 11 is 3.00. The minimum absolute atomic E-state index is 0.0923. The van der Waals surface area contributed by atoms with E-state index in [1.165, 1.54) is 31.6 Å². The van der Waals surface area contributed by atoms with Crippen molar-refractivity contribution in [3.63, 3.8) is 0 Å². The summed E-state index contributed by atoms with van der Waals surface area (Å²) in [5, 5.41) is 17.8. The minimum Gasteiger partial charge on any atom is -0.493 e. The molecule has 10 heteroatoms. The fourth-order valence-corrected chi connectivity index (χ4v) is 3.81. The maximum atomic E-state index is 12.4. The lowest BCUT2D eigenvalue weighted by molar-refractivity contribution is -0.385. The zero-order chi connectivity index (χ0) is 19.4. The van der Waals surface area contributed by atoms with Gasteiger partial charge in [-0.15, -0.1) is 11.3 Å². The maximum Gasteiger partial charge on any atom is 0.345 e. The van der Waals surface area contributed by atoms with Crippen LogP contribution in [0.5, 0.6) is 11.5 Å². The molecule has 0 unspecified atom stereocenters. The summed E-state index contributed by atoms with van der Waals surface area (Å²) in [6.45, 7) is -0.0923. The molecule has 27 heavy (non-hydrogen) atoms. The summed E-state index contributed by atoms with van der Waals surface area (Å²) in [4.78, 5) is 27.4. The van der Waals surface area contributed by atoms with E-state index in [9.17, 15) is 14.9 Å². The lowest BCUT2D eigenvalue weighted by atomic mass is 10.1. The zero-order valence-corrected chi connectivity index (χ0v) is 16.0. The molecule has 2 aromatic heterocycles. The Balaban J connectivity index is 1.78. The van der Waals surface area contributed by atoms with E-state index in [0.29, 0.717) is 5.69 Å². The molecule has 0 bridgehead atoms. The number of hydrogen-bond donors (Lipinski definition) is 0. The summed E-state index contributed by atoms with van der Waals surface area (Å²) in [7, 11) is 2.73. The average Bonchev–Trinajstić information content (AvgIpc) is 3.36. The predicted octanol–water partition coefficient (Wildman–Crippen LogP) is 4.15. The van der Waals surface area contributed by atoms with Gasteiger partial charge in [-0.1, -0.05) is 0 Å². The Bertz CT molecular complexity index is 968. The molecule has 0 saturated carbocycles. The lowest BCUT2D eigenvalue weighted by Crippen LogP contribution is -2.09. The van der Waals surface area contributed by atoms with Gasteiger partial charge in [0.15, 0.2) is 11.5 Å². The number of nitro groups is 1. The first kappa shape index (κ1) is 18.8. The average molecular weight is 406 g/mol. The van der Waals surface area contributed by atoms with Crippen molar-refractivity contribution < 1.29 is 23.9 Å². The van der Waals surface area contributed by atoms with Gasteiger partial charge in [0.2, 0.25) is 0 Å². The molecule has 8 nitrogen and oxygen atoms in total. The number of aromatic nitrogens is 1. The Morgan fingerprint density at radius 3 is 2.59 bits per heavy atom. The van der Waals surface area contributed by atoms with E-state index in [0.717, 1.165) is 16.6 Å². The molecule has 0 fully saturated rings.